The number of hydrogen-bond acceptors (Lipinski definition) is 8. The fraction of sp³-hybridized carbons (Fsp3) is 0.500. The summed E-state index contributed by atoms with van der Waals surface area (Å²) in [6, 6.07) is 1.81. The number of aromatic nitrogens is 3. The number of carbonyl (C=O) groups is 2. The number of rotatable bonds is 6. The number of aryl methyl sites for hydroxylation is 1. The van der Waals surface area contributed by atoms with Crippen molar-refractivity contribution in [3.8, 4) is 0 Å². The molecular formula is C24H32N8O3. The fourth-order valence-corrected chi connectivity index (χ4v) is 4.64. The first-order valence-electron chi connectivity index (χ1n) is 12.1. The minimum atomic E-state index is -0.221. The molecule has 11 nitrogen and oxygen atoms in total. The van der Waals surface area contributed by atoms with Gasteiger partial charge in [0.2, 0.25) is 0 Å². The normalized spacial score (nSPS) is 20.2. The van der Waals surface area contributed by atoms with Crippen LogP contribution in [0.2, 0.25) is 0 Å². The summed E-state index contributed by atoms with van der Waals surface area (Å²) in [5.41, 5.74) is 3.29. The second-order valence-electron chi connectivity index (χ2n) is 9.21. The van der Waals surface area contributed by atoms with Crippen molar-refractivity contribution in [2.75, 3.05) is 82.8 Å². The first-order chi connectivity index (χ1) is 17.0. The Morgan fingerprint density at radius 2 is 1.94 bits per heavy atom. The number of carbonyl (C=O) groups excluding carboxylic acids is 2. The summed E-state index contributed by atoms with van der Waals surface area (Å²) in [6.45, 7) is 10.0. The van der Waals surface area contributed by atoms with E-state index in [-0.39, 0.29) is 11.8 Å². The summed E-state index contributed by atoms with van der Waals surface area (Å²) < 4.78 is 5.36. The van der Waals surface area contributed by atoms with Crippen LogP contribution in [0.1, 0.15) is 27.3 Å². The van der Waals surface area contributed by atoms with Crippen LogP contribution >= 0.6 is 0 Å². The zero-order valence-electron chi connectivity index (χ0n) is 20.3. The van der Waals surface area contributed by atoms with Crippen LogP contribution in [0, 0.1) is 6.92 Å². The standard InChI is InChI=1S/C24H32N8O3/c1-16-13-19(24(34)25-3-4-31-9-11-35-12-10-31)28-18(16)14-17-20-21(29-23(17)33)26-15-27-22(20)32-7-5-30(2)6-8-32/h13-15,28H,3-12H2,1-2H3,(H,25,34)(H,26,27,29,33). The highest BCUT2D eigenvalue weighted by Gasteiger charge is 2.32. The van der Waals surface area contributed by atoms with Gasteiger partial charge >= 0.3 is 0 Å². The SMILES string of the molecule is Cc1cc(C(=O)NCCN2CCOCC2)[nH]c1C=C1C(=O)Nc2ncnc(N3CCN(C)CC3)c21. The number of hydrogen-bond donors (Lipinski definition) is 3. The monoisotopic (exact) mass is 480 g/mol. The van der Waals surface area contributed by atoms with E-state index in [2.05, 4.69) is 47.3 Å². The van der Waals surface area contributed by atoms with Crippen molar-refractivity contribution in [1.82, 2.24) is 30.1 Å². The maximum absolute atomic E-state index is 12.9. The Morgan fingerprint density at radius 1 is 1.17 bits per heavy atom. The average Bonchev–Trinajstić information content (AvgIpc) is 3.39. The van der Waals surface area contributed by atoms with Crippen molar-refractivity contribution in [1.29, 1.82) is 0 Å². The molecule has 2 saturated heterocycles. The number of H-pyrrole nitrogens is 1. The lowest BCUT2D eigenvalue weighted by atomic mass is 10.1. The molecule has 0 aromatic carbocycles. The zero-order valence-corrected chi connectivity index (χ0v) is 20.3. The molecule has 0 spiro atoms. The molecule has 0 atom stereocenters. The Hall–Kier alpha value is -3.28. The maximum Gasteiger partial charge on any atom is 0.267 e. The molecule has 3 aliphatic rings. The fourth-order valence-electron chi connectivity index (χ4n) is 4.64. The van der Waals surface area contributed by atoms with Gasteiger partial charge in [-0.25, -0.2) is 9.97 Å². The molecule has 3 N–H and O–H groups in total. The van der Waals surface area contributed by atoms with Gasteiger partial charge in [-0.1, -0.05) is 0 Å². The molecule has 0 saturated carbocycles. The molecule has 2 aromatic rings. The smallest absolute Gasteiger partial charge is 0.267 e. The zero-order chi connectivity index (χ0) is 24.4. The van der Waals surface area contributed by atoms with Gasteiger partial charge in [-0.2, -0.15) is 0 Å². The predicted octanol–water partition coefficient (Wildman–Crippen LogP) is 0.420. The number of aromatic amines is 1. The molecule has 0 bridgehead atoms. The second-order valence-corrected chi connectivity index (χ2v) is 9.21. The molecule has 0 radical (unpaired) electrons. The van der Waals surface area contributed by atoms with Gasteiger partial charge in [0.05, 0.1) is 24.4 Å². The van der Waals surface area contributed by atoms with Crippen molar-refractivity contribution in [2.45, 2.75) is 6.92 Å². The molecule has 3 aliphatic heterocycles. The molecule has 0 aliphatic carbocycles. The molecule has 35 heavy (non-hydrogen) atoms. The first kappa shape index (κ1) is 23.5. The molecule has 5 rings (SSSR count). The van der Waals surface area contributed by atoms with Gasteiger partial charge in [0.25, 0.3) is 11.8 Å². The van der Waals surface area contributed by atoms with E-state index in [1.54, 1.807) is 6.08 Å². The van der Waals surface area contributed by atoms with Gasteiger partial charge in [0.15, 0.2) is 0 Å². The summed E-state index contributed by atoms with van der Waals surface area (Å²) in [6.07, 6.45) is 3.29. The van der Waals surface area contributed by atoms with Crippen LogP contribution in [0.25, 0.3) is 11.6 Å². The van der Waals surface area contributed by atoms with Crippen LogP contribution in [0.3, 0.4) is 0 Å². The number of fused-ring (bicyclic) bond motifs is 1. The quantitative estimate of drug-likeness (QED) is 0.509. The lowest BCUT2D eigenvalue weighted by Crippen LogP contribution is -2.45. The highest BCUT2D eigenvalue weighted by molar-refractivity contribution is 6.35. The van der Waals surface area contributed by atoms with Gasteiger partial charge in [0, 0.05) is 58.1 Å². The molecule has 11 heteroatoms. The average molecular weight is 481 g/mol. The van der Waals surface area contributed by atoms with E-state index in [1.165, 1.54) is 6.33 Å². The highest BCUT2D eigenvalue weighted by Crippen LogP contribution is 2.38. The van der Waals surface area contributed by atoms with Crippen LogP contribution < -0.4 is 15.5 Å². The van der Waals surface area contributed by atoms with Crippen LogP contribution in [0.15, 0.2) is 12.4 Å². The molecular weight excluding hydrogens is 448 g/mol. The third kappa shape index (κ3) is 5.07. The van der Waals surface area contributed by atoms with Crippen LogP contribution in [-0.2, 0) is 9.53 Å². The lowest BCUT2D eigenvalue weighted by molar-refractivity contribution is -0.110. The minimum absolute atomic E-state index is 0.163. The Bertz CT molecular complexity index is 1130. The van der Waals surface area contributed by atoms with Crippen LogP contribution in [0.4, 0.5) is 11.6 Å². The Kier molecular flexibility index (Phi) is 6.80. The largest absolute Gasteiger partial charge is 0.379 e. The third-order valence-electron chi connectivity index (χ3n) is 6.78. The van der Waals surface area contributed by atoms with E-state index >= 15 is 0 Å². The van der Waals surface area contributed by atoms with E-state index in [0.29, 0.717) is 29.2 Å². The molecule has 2 amide bonds. The Morgan fingerprint density at radius 3 is 2.71 bits per heavy atom. The number of ether oxygens (including phenoxy) is 1. The summed E-state index contributed by atoms with van der Waals surface area (Å²) in [5.74, 6) is 0.901. The van der Waals surface area contributed by atoms with Gasteiger partial charge in [0.1, 0.15) is 23.7 Å². The molecule has 2 fully saturated rings. The molecule has 2 aromatic heterocycles. The minimum Gasteiger partial charge on any atom is -0.379 e. The summed E-state index contributed by atoms with van der Waals surface area (Å²) in [5, 5.41) is 5.84. The van der Waals surface area contributed by atoms with E-state index in [0.717, 1.165) is 76.1 Å². The third-order valence-corrected chi connectivity index (χ3v) is 6.78. The Balaban J connectivity index is 1.33. The second kappa shape index (κ2) is 10.1. The van der Waals surface area contributed by atoms with Crippen molar-refractivity contribution in [3.05, 3.63) is 34.9 Å². The molecule has 5 heterocycles. The number of amides is 2. The van der Waals surface area contributed by atoms with Crippen LogP contribution in [0.5, 0.6) is 0 Å². The van der Waals surface area contributed by atoms with Gasteiger partial charge in [-0.15, -0.1) is 0 Å². The summed E-state index contributed by atoms with van der Waals surface area (Å²) >= 11 is 0. The van der Waals surface area contributed by atoms with Crippen LogP contribution in [-0.4, -0.2) is 109 Å². The van der Waals surface area contributed by atoms with E-state index in [4.69, 9.17) is 4.74 Å². The van der Waals surface area contributed by atoms with Crippen molar-refractivity contribution >= 4 is 35.1 Å². The maximum atomic E-state index is 12.9. The highest BCUT2D eigenvalue weighted by atomic mass is 16.5. The lowest BCUT2D eigenvalue weighted by Gasteiger charge is -2.33. The van der Waals surface area contributed by atoms with Gasteiger partial charge in [-0.05, 0) is 31.7 Å². The summed E-state index contributed by atoms with van der Waals surface area (Å²) in [4.78, 5) is 44.4. The predicted molar refractivity (Wildman–Crippen MR) is 133 cm³/mol. The van der Waals surface area contributed by atoms with Crippen molar-refractivity contribution in [3.63, 3.8) is 0 Å². The van der Waals surface area contributed by atoms with Crippen molar-refractivity contribution in [2.24, 2.45) is 0 Å². The number of nitrogens with zero attached hydrogens (tertiary/aromatic N) is 5. The van der Waals surface area contributed by atoms with Gasteiger partial charge in [-0.3, -0.25) is 14.5 Å². The van der Waals surface area contributed by atoms with Gasteiger partial charge < -0.3 is 30.2 Å². The Labute approximate surface area is 204 Å². The first-order valence-corrected chi connectivity index (χ1v) is 12.1. The topological polar surface area (TPSA) is 119 Å². The molecule has 0 unspecified atom stereocenters. The van der Waals surface area contributed by atoms with E-state index < -0.39 is 0 Å². The number of piperazine rings is 1. The van der Waals surface area contributed by atoms with E-state index in [9.17, 15) is 9.59 Å². The number of morpholine rings is 1. The number of likely N-dealkylation sites (N-methyl/N-ethyl adjacent to an activating group) is 1. The van der Waals surface area contributed by atoms with E-state index in [1.807, 2.05) is 13.0 Å². The van der Waals surface area contributed by atoms with Crippen molar-refractivity contribution < 1.29 is 14.3 Å². The number of anilines is 2. The number of nitrogens with one attached hydrogen (secondary N) is 3. The summed E-state index contributed by atoms with van der Waals surface area (Å²) in [7, 11) is 2.10. The molecule has 186 valence electrons.